The van der Waals surface area contributed by atoms with Gasteiger partial charge in [0.15, 0.2) is 10.6 Å². The second-order valence-corrected chi connectivity index (χ2v) is 8.39. The number of benzene rings is 3. The third kappa shape index (κ3) is 2.63. The lowest BCUT2D eigenvalue weighted by atomic mass is 9.98. The molecular formula is C24H12F2N2O3S. The van der Waals surface area contributed by atoms with Crippen molar-refractivity contribution in [3.63, 3.8) is 0 Å². The maximum atomic E-state index is 14.9. The van der Waals surface area contributed by atoms with Gasteiger partial charge in [-0.3, -0.25) is 14.5 Å². The Labute approximate surface area is 183 Å². The Bertz CT molecular complexity index is 1630. The summed E-state index contributed by atoms with van der Waals surface area (Å²) in [6, 6.07) is 15.6. The molecule has 0 radical (unpaired) electrons. The average molecular weight is 446 g/mol. The van der Waals surface area contributed by atoms with Gasteiger partial charge in [0.25, 0.3) is 5.91 Å². The number of hydrogen-bond donors (Lipinski definition) is 0. The van der Waals surface area contributed by atoms with E-state index < -0.39 is 29.0 Å². The molecule has 0 saturated heterocycles. The van der Waals surface area contributed by atoms with Crippen LogP contribution in [0, 0.1) is 11.6 Å². The lowest BCUT2D eigenvalue weighted by molar-refractivity contribution is 0.0971. The molecule has 3 aromatic carbocycles. The van der Waals surface area contributed by atoms with Crippen molar-refractivity contribution in [1.29, 1.82) is 0 Å². The van der Waals surface area contributed by atoms with Crippen molar-refractivity contribution >= 4 is 43.6 Å². The lowest BCUT2D eigenvalue weighted by Crippen LogP contribution is -2.30. The Balaban J connectivity index is 1.66. The van der Waals surface area contributed by atoms with Gasteiger partial charge in [0.2, 0.25) is 5.76 Å². The van der Waals surface area contributed by atoms with E-state index >= 15 is 0 Å². The number of carbonyl (C=O) groups excluding carboxylic acids is 1. The van der Waals surface area contributed by atoms with E-state index in [9.17, 15) is 18.4 Å². The SMILES string of the molecule is O=C1c2oc3ccccc3c(=O)c2[C@H](c2ccccc2F)N1c1nc2ccc(F)cc2s1. The van der Waals surface area contributed by atoms with Crippen LogP contribution in [0.4, 0.5) is 13.9 Å². The summed E-state index contributed by atoms with van der Waals surface area (Å²) in [6.45, 7) is 0. The van der Waals surface area contributed by atoms with E-state index in [1.165, 1.54) is 41.3 Å². The number of rotatable bonds is 2. The maximum Gasteiger partial charge on any atom is 0.297 e. The highest BCUT2D eigenvalue weighted by Gasteiger charge is 2.45. The minimum absolute atomic E-state index is 0.0595. The molecule has 0 fully saturated rings. The molecule has 6 rings (SSSR count). The van der Waals surface area contributed by atoms with Gasteiger partial charge in [-0.2, -0.15) is 0 Å². The molecule has 1 amide bonds. The number of anilines is 1. The topological polar surface area (TPSA) is 63.4 Å². The smallest absolute Gasteiger partial charge is 0.297 e. The number of nitrogens with zero attached hydrogens (tertiary/aromatic N) is 2. The summed E-state index contributed by atoms with van der Waals surface area (Å²) >= 11 is 1.09. The van der Waals surface area contributed by atoms with Gasteiger partial charge in [-0.05, 0) is 36.4 Å². The summed E-state index contributed by atoms with van der Waals surface area (Å²) in [4.78, 5) is 32.6. The van der Waals surface area contributed by atoms with Gasteiger partial charge in [0.05, 0.1) is 21.2 Å². The quantitative estimate of drug-likeness (QED) is 0.363. The molecule has 0 unspecified atom stereocenters. The fourth-order valence-corrected chi connectivity index (χ4v) is 5.11. The molecule has 32 heavy (non-hydrogen) atoms. The molecule has 0 spiro atoms. The van der Waals surface area contributed by atoms with Gasteiger partial charge >= 0.3 is 0 Å². The molecular weight excluding hydrogens is 434 g/mol. The summed E-state index contributed by atoms with van der Waals surface area (Å²) in [5, 5.41) is 0.521. The third-order valence-corrected chi connectivity index (χ3v) is 6.54. The Morgan fingerprint density at radius 2 is 1.75 bits per heavy atom. The molecule has 156 valence electrons. The highest BCUT2D eigenvalue weighted by Crippen LogP contribution is 2.44. The van der Waals surface area contributed by atoms with Gasteiger partial charge in [0.1, 0.15) is 23.3 Å². The average Bonchev–Trinajstić information content (AvgIpc) is 3.32. The van der Waals surface area contributed by atoms with Crippen LogP contribution in [0.1, 0.15) is 27.7 Å². The number of aromatic nitrogens is 1. The largest absolute Gasteiger partial charge is 0.450 e. The van der Waals surface area contributed by atoms with E-state index in [0.717, 1.165) is 11.3 Å². The number of hydrogen-bond acceptors (Lipinski definition) is 5. The third-order valence-electron chi connectivity index (χ3n) is 5.52. The molecule has 1 aliphatic heterocycles. The van der Waals surface area contributed by atoms with Crippen molar-refractivity contribution in [2.75, 3.05) is 4.90 Å². The van der Waals surface area contributed by atoms with E-state index in [4.69, 9.17) is 4.42 Å². The zero-order chi connectivity index (χ0) is 22.0. The Hall–Kier alpha value is -3.91. The monoisotopic (exact) mass is 446 g/mol. The summed E-state index contributed by atoms with van der Waals surface area (Å²) in [5.41, 5.74) is 0.562. The van der Waals surface area contributed by atoms with Crippen LogP contribution in [0.25, 0.3) is 21.2 Å². The second-order valence-electron chi connectivity index (χ2n) is 7.38. The van der Waals surface area contributed by atoms with Crippen LogP contribution in [-0.4, -0.2) is 10.9 Å². The number of para-hydroxylation sites is 1. The number of amides is 1. The highest BCUT2D eigenvalue weighted by atomic mass is 32.1. The van der Waals surface area contributed by atoms with Gasteiger partial charge in [0, 0.05) is 5.56 Å². The van der Waals surface area contributed by atoms with E-state index in [0.29, 0.717) is 15.6 Å². The van der Waals surface area contributed by atoms with Crippen molar-refractivity contribution in [1.82, 2.24) is 4.98 Å². The van der Waals surface area contributed by atoms with Gasteiger partial charge in [-0.25, -0.2) is 13.8 Å². The molecule has 5 nitrogen and oxygen atoms in total. The van der Waals surface area contributed by atoms with E-state index in [1.807, 2.05) is 0 Å². The first-order valence-electron chi connectivity index (χ1n) is 9.73. The standard InChI is InChI=1S/C24H12F2N2O3S/c25-12-9-10-16-18(11-12)32-24(27-16)28-20(13-5-1-3-7-15(13)26)19-21(29)14-6-2-4-8-17(14)31-22(19)23(28)30/h1-11,20H/t20-/m0/s1. The predicted octanol–water partition coefficient (Wildman–Crippen LogP) is 5.43. The minimum Gasteiger partial charge on any atom is -0.450 e. The van der Waals surface area contributed by atoms with E-state index in [-0.39, 0.29) is 27.6 Å². The van der Waals surface area contributed by atoms with Crippen LogP contribution in [-0.2, 0) is 0 Å². The van der Waals surface area contributed by atoms with Gasteiger partial charge in [-0.1, -0.05) is 41.7 Å². The van der Waals surface area contributed by atoms with Crippen molar-refractivity contribution < 1.29 is 18.0 Å². The zero-order valence-electron chi connectivity index (χ0n) is 16.2. The Morgan fingerprint density at radius 1 is 0.969 bits per heavy atom. The fourth-order valence-electron chi connectivity index (χ4n) is 4.10. The molecule has 8 heteroatoms. The van der Waals surface area contributed by atoms with Crippen molar-refractivity contribution in [3.8, 4) is 0 Å². The van der Waals surface area contributed by atoms with Crippen LogP contribution < -0.4 is 10.3 Å². The summed E-state index contributed by atoms with van der Waals surface area (Å²) in [6.07, 6.45) is 0. The van der Waals surface area contributed by atoms with E-state index in [2.05, 4.69) is 4.98 Å². The van der Waals surface area contributed by atoms with Crippen molar-refractivity contribution in [2.24, 2.45) is 0 Å². The first-order chi connectivity index (χ1) is 15.5. The van der Waals surface area contributed by atoms with Crippen molar-refractivity contribution in [3.05, 3.63) is 105 Å². The van der Waals surface area contributed by atoms with Gasteiger partial charge < -0.3 is 4.42 Å². The Kier molecular flexibility index (Phi) is 4.00. The minimum atomic E-state index is -1.06. The van der Waals surface area contributed by atoms with E-state index in [1.54, 1.807) is 30.3 Å². The fraction of sp³-hybridized carbons (Fsp3) is 0.0417. The van der Waals surface area contributed by atoms with Crippen LogP contribution in [0.5, 0.6) is 0 Å². The highest BCUT2D eigenvalue weighted by molar-refractivity contribution is 7.22. The first kappa shape index (κ1) is 18.8. The Morgan fingerprint density at radius 3 is 2.59 bits per heavy atom. The zero-order valence-corrected chi connectivity index (χ0v) is 17.0. The summed E-state index contributed by atoms with van der Waals surface area (Å²) in [7, 11) is 0. The van der Waals surface area contributed by atoms with Gasteiger partial charge in [-0.15, -0.1) is 0 Å². The summed E-state index contributed by atoms with van der Waals surface area (Å²) < 4.78 is 35.0. The number of carbonyl (C=O) groups is 1. The molecule has 0 aliphatic carbocycles. The van der Waals surface area contributed by atoms with Crippen LogP contribution >= 0.6 is 11.3 Å². The molecule has 5 aromatic rings. The second kappa shape index (κ2) is 6.80. The summed E-state index contributed by atoms with van der Waals surface area (Å²) in [5.74, 6) is -1.75. The normalized spacial score (nSPS) is 15.6. The molecule has 3 heterocycles. The van der Waals surface area contributed by atoms with Crippen LogP contribution in [0.15, 0.2) is 75.9 Å². The molecule has 0 saturated carbocycles. The first-order valence-corrected chi connectivity index (χ1v) is 10.5. The van der Waals surface area contributed by atoms with Crippen molar-refractivity contribution in [2.45, 2.75) is 6.04 Å². The molecule has 0 N–H and O–H groups in total. The van der Waals surface area contributed by atoms with Crippen LogP contribution in [0.3, 0.4) is 0 Å². The van der Waals surface area contributed by atoms with Crippen LogP contribution in [0.2, 0.25) is 0 Å². The molecule has 2 aromatic heterocycles. The molecule has 1 atom stereocenters. The lowest BCUT2D eigenvalue weighted by Gasteiger charge is -2.22. The molecule has 1 aliphatic rings. The molecule has 0 bridgehead atoms. The predicted molar refractivity (Wildman–Crippen MR) is 117 cm³/mol. The number of fused-ring (bicyclic) bond motifs is 3. The number of thiazole rings is 1. The number of halogens is 2. The maximum absolute atomic E-state index is 14.9.